The summed E-state index contributed by atoms with van der Waals surface area (Å²) in [4.78, 5) is 0.155. The van der Waals surface area contributed by atoms with Crippen LogP contribution in [-0.4, -0.2) is 14.2 Å². The molecule has 17 heavy (non-hydrogen) atoms. The fourth-order valence-corrected chi connectivity index (χ4v) is 4.45. The number of rotatable bonds is 1. The minimum absolute atomic E-state index is 0.0199. The summed E-state index contributed by atoms with van der Waals surface area (Å²) in [5, 5.41) is 0.0199. The number of benzene rings is 1. The molecule has 92 valence electrons. The highest BCUT2D eigenvalue weighted by Crippen LogP contribution is 2.49. The highest BCUT2D eigenvalue weighted by Gasteiger charge is 2.39. The summed E-state index contributed by atoms with van der Waals surface area (Å²) >= 11 is 5.76. The maximum absolute atomic E-state index is 13.4. The van der Waals surface area contributed by atoms with Crippen LogP contribution in [0.5, 0.6) is 0 Å². The Bertz CT molecular complexity index is 578. The first-order chi connectivity index (χ1) is 7.99. The molecule has 0 amide bonds. The van der Waals surface area contributed by atoms with Crippen molar-refractivity contribution in [3.63, 3.8) is 0 Å². The molecule has 1 heterocycles. The molecular weight excluding hydrogens is 263 g/mol. The molecule has 1 aromatic rings. The average Bonchev–Trinajstić information content (AvgIpc) is 3.05. The van der Waals surface area contributed by atoms with Crippen LogP contribution in [0.4, 0.5) is 4.39 Å². The zero-order chi connectivity index (χ0) is 12.2. The standard InChI is InChI=1S/C12H12ClFO2S/c13-10-5-9-8(7-1-2-7)3-4-17(15,16)12(9)6-11(10)14/h5-8H,1-4H2. The van der Waals surface area contributed by atoms with Crippen LogP contribution in [0, 0.1) is 11.7 Å². The van der Waals surface area contributed by atoms with Crippen molar-refractivity contribution in [2.24, 2.45) is 5.92 Å². The number of halogens is 2. The van der Waals surface area contributed by atoms with Gasteiger partial charge in [-0.05, 0) is 48.8 Å². The van der Waals surface area contributed by atoms with Crippen molar-refractivity contribution in [3.8, 4) is 0 Å². The molecule has 1 atom stereocenters. The topological polar surface area (TPSA) is 34.1 Å². The van der Waals surface area contributed by atoms with Gasteiger partial charge in [0.25, 0.3) is 0 Å². The van der Waals surface area contributed by atoms with Crippen molar-refractivity contribution in [1.82, 2.24) is 0 Å². The summed E-state index contributed by atoms with van der Waals surface area (Å²) in [6.45, 7) is 0. The summed E-state index contributed by atoms with van der Waals surface area (Å²) in [5.74, 6) is 0.283. The molecule has 0 radical (unpaired) electrons. The fourth-order valence-electron chi connectivity index (χ4n) is 2.64. The lowest BCUT2D eigenvalue weighted by atomic mass is 9.91. The van der Waals surface area contributed by atoms with Gasteiger partial charge in [0, 0.05) is 0 Å². The maximum atomic E-state index is 13.4. The summed E-state index contributed by atoms with van der Waals surface area (Å²) in [5.41, 5.74) is 0.727. The van der Waals surface area contributed by atoms with Crippen LogP contribution in [-0.2, 0) is 9.84 Å². The van der Waals surface area contributed by atoms with Gasteiger partial charge in [0.1, 0.15) is 5.82 Å². The minimum Gasteiger partial charge on any atom is -0.224 e. The van der Waals surface area contributed by atoms with E-state index >= 15 is 0 Å². The molecule has 1 unspecified atom stereocenters. The van der Waals surface area contributed by atoms with E-state index in [2.05, 4.69) is 0 Å². The van der Waals surface area contributed by atoms with Crippen molar-refractivity contribution in [3.05, 3.63) is 28.5 Å². The van der Waals surface area contributed by atoms with Gasteiger partial charge >= 0.3 is 0 Å². The van der Waals surface area contributed by atoms with E-state index in [0.29, 0.717) is 12.3 Å². The maximum Gasteiger partial charge on any atom is 0.178 e. The molecule has 0 saturated heterocycles. The van der Waals surface area contributed by atoms with Crippen LogP contribution in [0.25, 0.3) is 0 Å². The molecule has 1 aliphatic carbocycles. The van der Waals surface area contributed by atoms with Crippen molar-refractivity contribution in [2.45, 2.75) is 30.1 Å². The van der Waals surface area contributed by atoms with Crippen molar-refractivity contribution in [1.29, 1.82) is 0 Å². The fraction of sp³-hybridized carbons (Fsp3) is 0.500. The molecule has 1 saturated carbocycles. The van der Waals surface area contributed by atoms with Crippen LogP contribution in [0.2, 0.25) is 5.02 Å². The molecule has 1 fully saturated rings. The first-order valence-corrected chi connectivity index (χ1v) is 7.74. The van der Waals surface area contributed by atoms with Gasteiger partial charge in [0.15, 0.2) is 9.84 Å². The number of hydrogen-bond acceptors (Lipinski definition) is 2. The smallest absolute Gasteiger partial charge is 0.178 e. The lowest BCUT2D eigenvalue weighted by Crippen LogP contribution is -2.21. The summed E-state index contributed by atoms with van der Waals surface area (Å²) in [6.07, 6.45) is 2.92. The molecule has 0 spiro atoms. The lowest BCUT2D eigenvalue weighted by molar-refractivity contribution is 0.529. The third kappa shape index (κ3) is 1.87. The van der Waals surface area contributed by atoms with E-state index in [0.717, 1.165) is 24.5 Å². The molecule has 0 bridgehead atoms. The van der Waals surface area contributed by atoms with E-state index in [1.54, 1.807) is 0 Å². The van der Waals surface area contributed by atoms with Crippen LogP contribution in [0.15, 0.2) is 17.0 Å². The second-order valence-corrected chi connectivity index (χ2v) is 7.34. The SMILES string of the molecule is O=S1(=O)CCC(C2CC2)c2cc(Cl)c(F)cc21. The Kier molecular flexibility index (Phi) is 2.49. The third-order valence-electron chi connectivity index (χ3n) is 3.68. The molecule has 1 aromatic carbocycles. The van der Waals surface area contributed by atoms with E-state index in [1.807, 2.05) is 0 Å². The number of fused-ring (bicyclic) bond motifs is 1. The van der Waals surface area contributed by atoms with Gasteiger partial charge in [-0.3, -0.25) is 0 Å². The molecular formula is C12H12ClFO2S. The predicted octanol–water partition coefficient (Wildman–Crippen LogP) is 3.15. The number of hydrogen-bond donors (Lipinski definition) is 0. The first-order valence-electron chi connectivity index (χ1n) is 5.71. The molecule has 1 aliphatic heterocycles. The molecule has 0 aromatic heterocycles. The van der Waals surface area contributed by atoms with Crippen LogP contribution >= 0.6 is 11.6 Å². The van der Waals surface area contributed by atoms with Crippen molar-refractivity contribution >= 4 is 21.4 Å². The Balaban J connectivity index is 2.20. The third-order valence-corrected chi connectivity index (χ3v) is 5.76. The molecule has 2 nitrogen and oxygen atoms in total. The normalized spacial score (nSPS) is 26.6. The van der Waals surface area contributed by atoms with Gasteiger partial charge in [0.2, 0.25) is 0 Å². The highest BCUT2D eigenvalue weighted by molar-refractivity contribution is 7.91. The minimum atomic E-state index is -3.32. The van der Waals surface area contributed by atoms with E-state index in [9.17, 15) is 12.8 Å². The van der Waals surface area contributed by atoms with E-state index in [-0.39, 0.29) is 21.6 Å². The van der Waals surface area contributed by atoms with Crippen LogP contribution in [0.3, 0.4) is 0 Å². The summed E-state index contributed by atoms with van der Waals surface area (Å²) in [6, 6.07) is 2.59. The molecule has 3 rings (SSSR count). The molecule has 0 N–H and O–H groups in total. The quantitative estimate of drug-likeness (QED) is 0.788. The zero-order valence-electron chi connectivity index (χ0n) is 9.12. The molecule has 2 aliphatic rings. The van der Waals surface area contributed by atoms with Crippen molar-refractivity contribution in [2.75, 3.05) is 5.75 Å². The lowest BCUT2D eigenvalue weighted by Gasteiger charge is -2.25. The summed E-state index contributed by atoms with van der Waals surface area (Å²) < 4.78 is 37.2. The Morgan fingerprint density at radius 2 is 1.94 bits per heavy atom. The van der Waals surface area contributed by atoms with Gasteiger partial charge in [-0.25, -0.2) is 12.8 Å². The van der Waals surface area contributed by atoms with Gasteiger partial charge in [-0.2, -0.15) is 0 Å². The van der Waals surface area contributed by atoms with E-state index in [4.69, 9.17) is 11.6 Å². The van der Waals surface area contributed by atoms with Crippen molar-refractivity contribution < 1.29 is 12.8 Å². The van der Waals surface area contributed by atoms with Gasteiger partial charge in [-0.15, -0.1) is 0 Å². The van der Waals surface area contributed by atoms with Crippen LogP contribution < -0.4 is 0 Å². The van der Waals surface area contributed by atoms with E-state index in [1.165, 1.54) is 6.07 Å². The van der Waals surface area contributed by atoms with Gasteiger partial charge < -0.3 is 0 Å². The summed E-state index contributed by atoms with van der Waals surface area (Å²) in [7, 11) is -3.32. The Hall–Kier alpha value is -0.610. The monoisotopic (exact) mass is 274 g/mol. The van der Waals surface area contributed by atoms with Crippen LogP contribution in [0.1, 0.15) is 30.7 Å². The highest BCUT2D eigenvalue weighted by atomic mass is 35.5. The van der Waals surface area contributed by atoms with Gasteiger partial charge in [0.05, 0.1) is 15.7 Å². The Morgan fingerprint density at radius 3 is 2.59 bits per heavy atom. The predicted molar refractivity (Wildman–Crippen MR) is 63.5 cm³/mol. The Labute approximate surface area is 105 Å². The van der Waals surface area contributed by atoms with E-state index < -0.39 is 15.7 Å². The number of sulfone groups is 1. The largest absolute Gasteiger partial charge is 0.224 e. The second-order valence-electron chi connectivity index (χ2n) is 4.86. The second kappa shape index (κ2) is 3.69. The zero-order valence-corrected chi connectivity index (χ0v) is 10.7. The Morgan fingerprint density at radius 1 is 1.24 bits per heavy atom. The molecule has 5 heteroatoms. The van der Waals surface area contributed by atoms with Gasteiger partial charge in [-0.1, -0.05) is 11.6 Å². The first kappa shape index (κ1) is 11.5. The average molecular weight is 275 g/mol.